The number of halogens is 1. The highest BCUT2D eigenvalue weighted by atomic mass is 127. The highest BCUT2D eigenvalue weighted by Gasteiger charge is 2.12. The number of benzene rings is 2. The molecule has 0 amide bonds. The van der Waals surface area contributed by atoms with Crippen molar-refractivity contribution in [3.63, 3.8) is 0 Å². The van der Waals surface area contributed by atoms with E-state index in [9.17, 15) is 0 Å². The van der Waals surface area contributed by atoms with Crippen LogP contribution in [-0.2, 0) is 13.0 Å². The molecule has 2 aromatic heterocycles. The molecular formula is C19H16IN3. The second-order valence-corrected chi connectivity index (χ2v) is 6.95. The van der Waals surface area contributed by atoms with Gasteiger partial charge in [0.2, 0.25) is 0 Å². The van der Waals surface area contributed by atoms with Crippen LogP contribution in [0.4, 0.5) is 0 Å². The molecule has 4 rings (SSSR count). The van der Waals surface area contributed by atoms with Crippen molar-refractivity contribution in [3.05, 3.63) is 69.7 Å². The fourth-order valence-electron chi connectivity index (χ4n) is 3.06. The summed E-state index contributed by atoms with van der Waals surface area (Å²) in [5.41, 5.74) is 4.55. The number of hydrogen-bond donors (Lipinski definition) is 0. The molecule has 0 N–H and O–H groups in total. The Bertz CT molecular complexity index is 990. The number of hydrogen-bond acceptors (Lipinski definition) is 2. The van der Waals surface area contributed by atoms with Crippen LogP contribution in [0.15, 0.2) is 54.7 Å². The predicted octanol–water partition coefficient (Wildman–Crippen LogP) is 4.74. The maximum Gasteiger partial charge on any atom is 0.108 e. The normalized spacial score (nSPS) is 11.4. The van der Waals surface area contributed by atoms with Crippen LogP contribution in [0, 0.1) is 10.5 Å². The van der Waals surface area contributed by atoms with Gasteiger partial charge in [-0.25, -0.2) is 4.98 Å². The first-order chi connectivity index (χ1) is 11.2. The second-order valence-electron chi connectivity index (χ2n) is 5.70. The Balaban J connectivity index is 1.84. The van der Waals surface area contributed by atoms with Crippen LogP contribution in [0.1, 0.15) is 11.4 Å². The van der Waals surface area contributed by atoms with E-state index in [1.807, 2.05) is 6.20 Å². The molecule has 0 aliphatic heterocycles. The molecule has 0 aliphatic rings. The number of fused-ring (bicyclic) bond motifs is 3. The maximum atomic E-state index is 4.70. The van der Waals surface area contributed by atoms with Gasteiger partial charge in [-0.05, 0) is 59.7 Å². The van der Waals surface area contributed by atoms with E-state index in [1.165, 1.54) is 20.0 Å². The zero-order valence-electron chi connectivity index (χ0n) is 12.8. The Morgan fingerprint density at radius 2 is 1.87 bits per heavy atom. The third-order valence-electron chi connectivity index (χ3n) is 4.19. The average molecular weight is 413 g/mol. The number of pyridine rings is 1. The smallest absolute Gasteiger partial charge is 0.108 e. The summed E-state index contributed by atoms with van der Waals surface area (Å²) in [6.45, 7) is 3.00. The molecular weight excluding hydrogens is 397 g/mol. The Morgan fingerprint density at radius 3 is 2.70 bits per heavy atom. The minimum Gasteiger partial charge on any atom is -0.327 e. The van der Waals surface area contributed by atoms with Gasteiger partial charge in [0.15, 0.2) is 0 Å². The lowest BCUT2D eigenvalue weighted by Gasteiger charge is -2.09. The largest absolute Gasteiger partial charge is 0.327 e. The zero-order chi connectivity index (χ0) is 15.8. The molecule has 0 radical (unpaired) electrons. The Hall–Kier alpha value is -1.95. The summed E-state index contributed by atoms with van der Waals surface area (Å²) in [5, 5.41) is 1.18. The molecule has 114 valence electrons. The number of imidazole rings is 1. The van der Waals surface area contributed by atoms with Crippen LogP contribution in [-0.4, -0.2) is 14.5 Å². The van der Waals surface area contributed by atoms with E-state index in [4.69, 9.17) is 4.98 Å². The van der Waals surface area contributed by atoms with Crippen LogP contribution >= 0.6 is 22.6 Å². The predicted molar refractivity (Wildman–Crippen MR) is 103 cm³/mol. The molecule has 0 atom stereocenters. The van der Waals surface area contributed by atoms with Gasteiger partial charge in [0, 0.05) is 15.5 Å². The SMILES string of the molecule is Cc1nc2cnc3ccc(I)cc3c2n1CCc1ccccc1. The molecule has 2 aromatic carbocycles. The summed E-state index contributed by atoms with van der Waals surface area (Å²) in [5.74, 6) is 1.05. The van der Waals surface area contributed by atoms with Gasteiger partial charge in [0.25, 0.3) is 0 Å². The monoisotopic (exact) mass is 413 g/mol. The van der Waals surface area contributed by atoms with Gasteiger partial charge in [-0.3, -0.25) is 4.98 Å². The first-order valence-electron chi connectivity index (χ1n) is 7.67. The van der Waals surface area contributed by atoms with Gasteiger partial charge in [-0.15, -0.1) is 0 Å². The van der Waals surface area contributed by atoms with E-state index in [-0.39, 0.29) is 0 Å². The van der Waals surface area contributed by atoms with Crippen molar-refractivity contribution in [2.75, 3.05) is 0 Å². The van der Waals surface area contributed by atoms with Crippen molar-refractivity contribution in [3.8, 4) is 0 Å². The topological polar surface area (TPSA) is 30.7 Å². The van der Waals surface area contributed by atoms with E-state index in [2.05, 4.69) is 87.6 Å². The number of nitrogens with zero attached hydrogens (tertiary/aromatic N) is 3. The molecule has 23 heavy (non-hydrogen) atoms. The first-order valence-corrected chi connectivity index (χ1v) is 8.75. The standard InChI is InChI=1S/C19H16IN3/c1-13-22-18-12-21-17-8-7-15(20)11-16(17)19(18)23(13)10-9-14-5-3-2-4-6-14/h2-8,11-12H,9-10H2,1H3. The lowest BCUT2D eigenvalue weighted by atomic mass is 10.1. The van der Waals surface area contributed by atoms with Crippen LogP contribution in [0.5, 0.6) is 0 Å². The lowest BCUT2D eigenvalue weighted by molar-refractivity contribution is 0.693. The average Bonchev–Trinajstić information content (AvgIpc) is 2.89. The van der Waals surface area contributed by atoms with E-state index in [0.29, 0.717) is 0 Å². The van der Waals surface area contributed by atoms with Gasteiger partial charge in [-0.1, -0.05) is 30.3 Å². The lowest BCUT2D eigenvalue weighted by Crippen LogP contribution is -2.04. The minimum atomic E-state index is 0.928. The van der Waals surface area contributed by atoms with Crippen molar-refractivity contribution in [1.29, 1.82) is 0 Å². The van der Waals surface area contributed by atoms with E-state index in [0.717, 1.165) is 29.8 Å². The van der Waals surface area contributed by atoms with Crippen LogP contribution in [0.2, 0.25) is 0 Å². The van der Waals surface area contributed by atoms with Crippen molar-refractivity contribution in [2.45, 2.75) is 19.9 Å². The molecule has 0 spiro atoms. The highest BCUT2D eigenvalue weighted by molar-refractivity contribution is 14.1. The molecule has 0 aliphatic carbocycles. The third-order valence-corrected chi connectivity index (χ3v) is 4.86. The van der Waals surface area contributed by atoms with Gasteiger partial charge >= 0.3 is 0 Å². The zero-order valence-corrected chi connectivity index (χ0v) is 15.0. The Kier molecular flexibility index (Phi) is 3.77. The molecule has 0 unspecified atom stereocenters. The number of aryl methyl sites for hydroxylation is 3. The van der Waals surface area contributed by atoms with Crippen LogP contribution < -0.4 is 0 Å². The van der Waals surface area contributed by atoms with Crippen molar-refractivity contribution in [1.82, 2.24) is 14.5 Å². The molecule has 4 aromatic rings. The number of aromatic nitrogens is 3. The summed E-state index contributed by atoms with van der Waals surface area (Å²) < 4.78 is 3.54. The van der Waals surface area contributed by atoms with Gasteiger partial charge in [0.1, 0.15) is 11.3 Å². The third kappa shape index (κ3) is 2.72. The Morgan fingerprint density at radius 1 is 1.04 bits per heavy atom. The van der Waals surface area contributed by atoms with Gasteiger partial charge in [-0.2, -0.15) is 0 Å². The molecule has 0 fully saturated rings. The molecule has 2 heterocycles. The molecule has 0 saturated heterocycles. The first kappa shape index (κ1) is 14.6. The minimum absolute atomic E-state index is 0.928. The fraction of sp³-hybridized carbons (Fsp3) is 0.158. The van der Waals surface area contributed by atoms with E-state index >= 15 is 0 Å². The maximum absolute atomic E-state index is 4.70. The summed E-state index contributed by atoms with van der Waals surface area (Å²) in [6.07, 6.45) is 2.89. The van der Waals surface area contributed by atoms with Gasteiger partial charge < -0.3 is 4.57 Å². The van der Waals surface area contributed by atoms with Crippen LogP contribution in [0.3, 0.4) is 0 Å². The van der Waals surface area contributed by atoms with Gasteiger partial charge in [0.05, 0.1) is 17.2 Å². The summed E-state index contributed by atoms with van der Waals surface area (Å²) in [4.78, 5) is 9.25. The van der Waals surface area contributed by atoms with E-state index < -0.39 is 0 Å². The summed E-state index contributed by atoms with van der Waals surface area (Å²) in [6, 6.07) is 17.0. The molecule has 0 bridgehead atoms. The van der Waals surface area contributed by atoms with E-state index in [1.54, 1.807) is 0 Å². The highest BCUT2D eigenvalue weighted by Crippen LogP contribution is 2.26. The quantitative estimate of drug-likeness (QED) is 0.455. The van der Waals surface area contributed by atoms with Crippen molar-refractivity contribution < 1.29 is 0 Å². The number of rotatable bonds is 3. The fourth-order valence-corrected chi connectivity index (χ4v) is 3.55. The second kappa shape index (κ2) is 5.92. The molecule has 4 heteroatoms. The summed E-state index contributed by atoms with van der Waals surface area (Å²) in [7, 11) is 0. The van der Waals surface area contributed by atoms with Crippen molar-refractivity contribution in [2.24, 2.45) is 0 Å². The summed E-state index contributed by atoms with van der Waals surface area (Å²) >= 11 is 2.35. The molecule has 3 nitrogen and oxygen atoms in total. The Labute approximate surface area is 148 Å². The van der Waals surface area contributed by atoms with Crippen LogP contribution in [0.25, 0.3) is 21.9 Å². The van der Waals surface area contributed by atoms with Crippen molar-refractivity contribution >= 4 is 44.5 Å². The molecule has 0 saturated carbocycles.